The van der Waals surface area contributed by atoms with Gasteiger partial charge >= 0.3 is 0 Å². The number of hydrogen-bond acceptors (Lipinski definition) is 4. The Labute approximate surface area is 108 Å². The van der Waals surface area contributed by atoms with Crippen molar-refractivity contribution in [3.63, 3.8) is 0 Å². The second-order valence-electron chi connectivity index (χ2n) is 4.31. The zero-order valence-corrected chi connectivity index (χ0v) is 11.1. The number of hydrogen-bond donors (Lipinski definition) is 3. The molecule has 18 heavy (non-hydrogen) atoms. The van der Waals surface area contributed by atoms with E-state index in [1.54, 1.807) is 0 Å². The first-order valence-electron chi connectivity index (χ1n) is 6.33. The highest BCUT2D eigenvalue weighted by atomic mass is 16.2. The molecule has 1 heterocycles. The van der Waals surface area contributed by atoms with Crippen molar-refractivity contribution in [2.24, 2.45) is 5.73 Å². The summed E-state index contributed by atoms with van der Waals surface area (Å²) in [7, 11) is 0. The summed E-state index contributed by atoms with van der Waals surface area (Å²) in [6.45, 7) is 5.31. The molecule has 5 heteroatoms. The first-order chi connectivity index (χ1) is 8.63. The lowest BCUT2D eigenvalue weighted by Crippen LogP contribution is -2.40. The molecule has 100 valence electrons. The van der Waals surface area contributed by atoms with E-state index in [4.69, 9.17) is 5.73 Å². The van der Waals surface area contributed by atoms with Gasteiger partial charge in [0.2, 0.25) is 5.91 Å². The molecule has 0 unspecified atom stereocenters. The lowest BCUT2D eigenvalue weighted by atomic mass is 10.2. The maximum atomic E-state index is 11.4. The van der Waals surface area contributed by atoms with Gasteiger partial charge in [-0.25, -0.2) is 4.98 Å². The number of carbonyl (C=O) groups excluding carboxylic acids is 1. The molecule has 5 nitrogen and oxygen atoms in total. The average Bonchev–Trinajstić information content (AvgIpc) is 2.39. The van der Waals surface area contributed by atoms with Gasteiger partial charge in [-0.15, -0.1) is 0 Å². The number of aromatic nitrogens is 1. The van der Waals surface area contributed by atoms with Crippen molar-refractivity contribution in [3.8, 4) is 0 Å². The van der Waals surface area contributed by atoms with Crippen LogP contribution < -0.4 is 16.4 Å². The number of pyridine rings is 1. The minimum Gasteiger partial charge on any atom is -0.370 e. The molecular formula is C13H22N4O. The van der Waals surface area contributed by atoms with Gasteiger partial charge in [-0.3, -0.25) is 4.79 Å². The number of nitrogens with two attached hydrogens (primary N) is 1. The van der Waals surface area contributed by atoms with Gasteiger partial charge < -0.3 is 16.4 Å². The lowest BCUT2D eigenvalue weighted by Gasteiger charge is -2.10. The summed E-state index contributed by atoms with van der Waals surface area (Å²) in [5.41, 5.74) is 6.74. The van der Waals surface area contributed by atoms with Gasteiger partial charge in [0.15, 0.2) is 0 Å². The summed E-state index contributed by atoms with van der Waals surface area (Å²) in [5, 5.41) is 6.00. The van der Waals surface area contributed by atoms with E-state index in [9.17, 15) is 4.79 Å². The van der Waals surface area contributed by atoms with Crippen molar-refractivity contribution in [2.75, 3.05) is 18.4 Å². The zero-order valence-electron chi connectivity index (χ0n) is 11.1. The van der Waals surface area contributed by atoms with E-state index in [1.165, 1.54) is 0 Å². The fourth-order valence-corrected chi connectivity index (χ4v) is 1.41. The van der Waals surface area contributed by atoms with Gasteiger partial charge in [0.05, 0.1) is 6.04 Å². The Morgan fingerprint density at radius 2 is 2.22 bits per heavy atom. The molecule has 1 aromatic heterocycles. The second-order valence-corrected chi connectivity index (χ2v) is 4.31. The van der Waals surface area contributed by atoms with Gasteiger partial charge in [0.1, 0.15) is 5.82 Å². The van der Waals surface area contributed by atoms with Crippen LogP contribution in [0.3, 0.4) is 0 Å². The van der Waals surface area contributed by atoms with Crippen molar-refractivity contribution in [1.29, 1.82) is 0 Å². The molecule has 1 amide bonds. The van der Waals surface area contributed by atoms with E-state index < -0.39 is 6.04 Å². The molecule has 0 radical (unpaired) electrons. The molecule has 0 fully saturated rings. The smallest absolute Gasteiger partial charge is 0.236 e. The molecule has 4 N–H and O–H groups in total. The number of rotatable bonds is 7. The zero-order chi connectivity index (χ0) is 13.4. The maximum Gasteiger partial charge on any atom is 0.236 e. The van der Waals surface area contributed by atoms with Crippen molar-refractivity contribution in [1.82, 2.24) is 10.3 Å². The van der Waals surface area contributed by atoms with E-state index in [2.05, 4.69) is 15.6 Å². The van der Waals surface area contributed by atoms with Crippen LogP contribution in [0.2, 0.25) is 0 Å². The Morgan fingerprint density at radius 3 is 2.83 bits per heavy atom. The third-order valence-corrected chi connectivity index (χ3v) is 2.65. The Morgan fingerprint density at radius 1 is 1.44 bits per heavy atom. The van der Waals surface area contributed by atoms with Crippen LogP contribution in [0.5, 0.6) is 0 Å². The van der Waals surface area contributed by atoms with Crippen LogP contribution in [0.25, 0.3) is 0 Å². The minimum atomic E-state index is -0.392. The molecule has 0 aromatic carbocycles. The van der Waals surface area contributed by atoms with Gasteiger partial charge in [0.25, 0.3) is 0 Å². The van der Waals surface area contributed by atoms with Crippen molar-refractivity contribution < 1.29 is 4.79 Å². The first-order valence-corrected chi connectivity index (χ1v) is 6.33. The number of anilines is 1. The summed E-state index contributed by atoms with van der Waals surface area (Å²) in [6, 6.07) is 3.56. The SMILES string of the molecule is CC[C@H](N)C(=O)NCCCNc1ccc(C)cn1. The standard InChI is InChI=1S/C13H22N4O/c1-3-11(14)13(18)16-8-4-7-15-12-6-5-10(2)9-17-12/h5-6,9,11H,3-4,7-8,14H2,1-2H3,(H,15,17)(H,16,18)/t11-/m0/s1. The third kappa shape index (κ3) is 5.14. The molecule has 0 aliphatic carbocycles. The fraction of sp³-hybridized carbons (Fsp3) is 0.538. The summed E-state index contributed by atoms with van der Waals surface area (Å²) < 4.78 is 0. The number of aryl methyl sites for hydroxylation is 1. The molecule has 0 aliphatic heterocycles. The fourth-order valence-electron chi connectivity index (χ4n) is 1.41. The predicted molar refractivity (Wildman–Crippen MR) is 73.4 cm³/mol. The molecule has 0 spiro atoms. The number of nitrogens with zero attached hydrogens (tertiary/aromatic N) is 1. The topological polar surface area (TPSA) is 80.0 Å². The molecule has 0 aliphatic rings. The van der Waals surface area contributed by atoms with E-state index in [-0.39, 0.29) is 5.91 Å². The van der Waals surface area contributed by atoms with Gasteiger partial charge in [0, 0.05) is 19.3 Å². The highest BCUT2D eigenvalue weighted by Crippen LogP contribution is 2.03. The molecule has 0 saturated carbocycles. The minimum absolute atomic E-state index is 0.0778. The quantitative estimate of drug-likeness (QED) is 0.632. The largest absolute Gasteiger partial charge is 0.370 e. The van der Waals surface area contributed by atoms with Crippen molar-refractivity contribution in [3.05, 3.63) is 23.9 Å². The Kier molecular flexibility index (Phi) is 6.14. The van der Waals surface area contributed by atoms with Crippen molar-refractivity contribution >= 4 is 11.7 Å². The van der Waals surface area contributed by atoms with Gasteiger partial charge in [-0.1, -0.05) is 13.0 Å². The van der Waals surface area contributed by atoms with Crippen LogP contribution in [0.4, 0.5) is 5.82 Å². The molecule has 0 bridgehead atoms. The van der Waals surface area contributed by atoms with Crippen molar-refractivity contribution in [2.45, 2.75) is 32.7 Å². The number of amides is 1. The maximum absolute atomic E-state index is 11.4. The van der Waals surface area contributed by atoms with Crippen LogP contribution in [0.15, 0.2) is 18.3 Å². The molecular weight excluding hydrogens is 228 g/mol. The summed E-state index contributed by atoms with van der Waals surface area (Å²) in [4.78, 5) is 15.6. The van der Waals surface area contributed by atoms with Crippen LogP contribution in [-0.2, 0) is 4.79 Å². The summed E-state index contributed by atoms with van der Waals surface area (Å²) in [5.74, 6) is 0.781. The van der Waals surface area contributed by atoms with Crippen LogP contribution in [0, 0.1) is 6.92 Å². The van der Waals surface area contributed by atoms with E-state index in [0.717, 1.165) is 24.3 Å². The number of carbonyl (C=O) groups is 1. The predicted octanol–water partition coefficient (Wildman–Crippen LogP) is 1.05. The molecule has 1 atom stereocenters. The second kappa shape index (κ2) is 7.66. The van der Waals surface area contributed by atoms with E-state index >= 15 is 0 Å². The Bertz CT molecular complexity index is 364. The van der Waals surface area contributed by atoms with E-state index in [0.29, 0.717) is 13.0 Å². The van der Waals surface area contributed by atoms with Crippen LogP contribution >= 0.6 is 0 Å². The Balaban J connectivity index is 2.12. The highest BCUT2D eigenvalue weighted by Gasteiger charge is 2.08. The molecule has 1 aromatic rings. The molecule has 1 rings (SSSR count). The average molecular weight is 250 g/mol. The van der Waals surface area contributed by atoms with Gasteiger partial charge in [-0.05, 0) is 31.4 Å². The lowest BCUT2D eigenvalue weighted by molar-refractivity contribution is -0.122. The highest BCUT2D eigenvalue weighted by molar-refractivity contribution is 5.81. The number of nitrogens with one attached hydrogen (secondary N) is 2. The first kappa shape index (κ1) is 14.4. The van der Waals surface area contributed by atoms with Gasteiger partial charge in [-0.2, -0.15) is 0 Å². The summed E-state index contributed by atoms with van der Waals surface area (Å²) >= 11 is 0. The summed E-state index contributed by atoms with van der Waals surface area (Å²) in [6.07, 6.45) is 3.33. The monoisotopic (exact) mass is 250 g/mol. The molecule has 0 saturated heterocycles. The van der Waals surface area contributed by atoms with Crippen LogP contribution in [-0.4, -0.2) is 30.0 Å². The van der Waals surface area contributed by atoms with E-state index in [1.807, 2.05) is 32.2 Å². The van der Waals surface area contributed by atoms with Crippen LogP contribution in [0.1, 0.15) is 25.3 Å². The Hall–Kier alpha value is -1.62. The third-order valence-electron chi connectivity index (χ3n) is 2.65. The normalized spacial score (nSPS) is 11.9.